The molecule has 1 unspecified atom stereocenters. The average molecular weight is 261 g/mol. The van der Waals surface area contributed by atoms with Crippen molar-refractivity contribution in [1.82, 2.24) is 14.8 Å². The molecule has 2 N–H and O–H groups in total. The summed E-state index contributed by atoms with van der Waals surface area (Å²) in [7, 11) is 0. The van der Waals surface area contributed by atoms with Gasteiger partial charge in [-0.3, -0.25) is 4.57 Å². The summed E-state index contributed by atoms with van der Waals surface area (Å²) in [5, 5.41) is 16.5. The monoisotopic (exact) mass is 261 g/mol. The first-order valence-corrected chi connectivity index (χ1v) is 6.60. The zero-order chi connectivity index (χ0) is 12.8. The molecule has 0 radical (unpaired) electrons. The number of hydrogen-bond acceptors (Lipinski definition) is 5. The minimum Gasteiger partial charge on any atom is -0.390 e. The largest absolute Gasteiger partial charge is 0.390 e. The Morgan fingerprint density at radius 2 is 2.29 bits per heavy atom. The van der Waals surface area contributed by atoms with Crippen LogP contribution in [0.15, 0.2) is 9.95 Å². The van der Waals surface area contributed by atoms with Crippen molar-refractivity contribution in [3.8, 4) is 0 Å². The van der Waals surface area contributed by atoms with Crippen LogP contribution in [-0.4, -0.2) is 44.9 Å². The lowest BCUT2D eigenvalue weighted by atomic mass is 10.4. The summed E-state index contributed by atoms with van der Waals surface area (Å²) in [5.41, 5.74) is -0.221. The number of thioether (sulfide) groups is 1. The average Bonchev–Trinajstić information content (AvgIpc) is 2.65. The van der Waals surface area contributed by atoms with E-state index in [9.17, 15) is 9.90 Å². The van der Waals surface area contributed by atoms with Crippen molar-refractivity contribution in [3.63, 3.8) is 0 Å². The topological polar surface area (TPSA) is 80.1 Å². The molecule has 17 heavy (non-hydrogen) atoms. The zero-order valence-electron chi connectivity index (χ0n) is 10.3. The summed E-state index contributed by atoms with van der Waals surface area (Å²) in [6.45, 7) is 6.60. The molecule has 0 aliphatic rings. The minimum absolute atomic E-state index is 0.0489. The predicted octanol–water partition coefficient (Wildman–Crippen LogP) is 0.642. The van der Waals surface area contributed by atoms with Crippen LogP contribution >= 0.6 is 11.8 Å². The summed E-state index contributed by atoms with van der Waals surface area (Å²) in [6, 6.07) is 0.0489. The standard InChI is InChI=1S/C10H19N3O3S/c1-4-16-5-8(14)6-17-10-12-11-9(15)13(10)7(2)3/h7-8,14H,4-6H2,1-3H3,(H,11,15). The van der Waals surface area contributed by atoms with Crippen LogP contribution in [0.4, 0.5) is 0 Å². The lowest BCUT2D eigenvalue weighted by Gasteiger charge is -2.11. The van der Waals surface area contributed by atoms with Crippen LogP contribution in [0, 0.1) is 0 Å². The van der Waals surface area contributed by atoms with Gasteiger partial charge in [0.15, 0.2) is 5.16 Å². The van der Waals surface area contributed by atoms with Crippen LogP contribution in [-0.2, 0) is 4.74 Å². The van der Waals surface area contributed by atoms with Gasteiger partial charge in [-0.1, -0.05) is 11.8 Å². The molecular formula is C10H19N3O3S. The summed E-state index contributed by atoms with van der Waals surface area (Å²) in [5.74, 6) is 0.455. The zero-order valence-corrected chi connectivity index (χ0v) is 11.2. The molecule has 0 bridgehead atoms. The number of aliphatic hydroxyl groups is 1. The van der Waals surface area contributed by atoms with Crippen LogP contribution in [0.5, 0.6) is 0 Å². The van der Waals surface area contributed by atoms with Crippen LogP contribution < -0.4 is 5.69 Å². The Hall–Kier alpha value is -0.790. The fourth-order valence-corrected chi connectivity index (χ4v) is 2.30. The third kappa shape index (κ3) is 4.18. The number of rotatable bonds is 7. The lowest BCUT2D eigenvalue weighted by Crippen LogP contribution is -2.21. The Balaban J connectivity index is 2.54. The molecule has 1 aromatic heterocycles. The van der Waals surface area contributed by atoms with Gasteiger partial charge in [0, 0.05) is 18.4 Å². The van der Waals surface area contributed by atoms with Crippen molar-refractivity contribution >= 4 is 11.8 Å². The van der Waals surface area contributed by atoms with E-state index in [1.54, 1.807) is 4.57 Å². The molecule has 0 saturated heterocycles. The highest BCUT2D eigenvalue weighted by Crippen LogP contribution is 2.17. The maximum atomic E-state index is 11.4. The van der Waals surface area contributed by atoms with E-state index in [1.165, 1.54) is 11.8 Å². The van der Waals surface area contributed by atoms with E-state index in [0.29, 0.717) is 24.1 Å². The molecule has 1 aromatic rings. The van der Waals surface area contributed by atoms with Gasteiger partial charge in [-0.05, 0) is 20.8 Å². The number of aliphatic hydroxyl groups excluding tert-OH is 1. The van der Waals surface area contributed by atoms with Gasteiger partial charge in [0.2, 0.25) is 0 Å². The van der Waals surface area contributed by atoms with Gasteiger partial charge in [0.05, 0.1) is 12.7 Å². The highest BCUT2D eigenvalue weighted by atomic mass is 32.2. The van der Waals surface area contributed by atoms with Crippen molar-refractivity contribution in [2.75, 3.05) is 19.0 Å². The molecular weight excluding hydrogens is 242 g/mol. The number of ether oxygens (including phenoxy) is 1. The molecule has 1 rings (SSSR count). The summed E-state index contributed by atoms with van der Waals surface area (Å²) in [4.78, 5) is 11.4. The van der Waals surface area contributed by atoms with E-state index < -0.39 is 6.10 Å². The van der Waals surface area contributed by atoms with Crippen LogP contribution in [0.1, 0.15) is 26.8 Å². The summed E-state index contributed by atoms with van der Waals surface area (Å²) in [6.07, 6.45) is -0.549. The molecule has 98 valence electrons. The van der Waals surface area contributed by atoms with Crippen LogP contribution in [0.3, 0.4) is 0 Å². The van der Waals surface area contributed by atoms with Crippen molar-refractivity contribution < 1.29 is 9.84 Å². The number of nitrogens with zero attached hydrogens (tertiary/aromatic N) is 2. The highest BCUT2D eigenvalue weighted by Gasteiger charge is 2.13. The number of aromatic amines is 1. The number of aromatic nitrogens is 3. The van der Waals surface area contributed by atoms with Crippen molar-refractivity contribution in [1.29, 1.82) is 0 Å². The molecule has 0 saturated carbocycles. The normalized spacial score (nSPS) is 13.2. The van der Waals surface area contributed by atoms with E-state index in [-0.39, 0.29) is 11.7 Å². The van der Waals surface area contributed by atoms with Gasteiger partial charge in [-0.15, -0.1) is 5.10 Å². The molecule has 0 aliphatic carbocycles. The second-order valence-electron chi connectivity index (χ2n) is 3.90. The number of hydrogen-bond donors (Lipinski definition) is 2. The Labute approximate surface area is 104 Å². The third-order valence-corrected chi connectivity index (χ3v) is 3.21. The van der Waals surface area contributed by atoms with Crippen molar-refractivity contribution in [2.45, 2.75) is 38.1 Å². The minimum atomic E-state index is -0.549. The first kappa shape index (κ1) is 14.3. The van der Waals surface area contributed by atoms with Crippen molar-refractivity contribution in [3.05, 3.63) is 10.5 Å². The Morgan fingerprint density at radius 3 is 2.88 bits per heavy atom. The fourth-order valence-electron chi connectivity index (χ4n) is 1.32. The maximum absolute atomic E-state index is 11.4. The second-order valence-corrected chi connectivity index (χ2v) is 4.89. The lowest BCUT2D eigenvalue weighted by molar-refractivity contribution is 0.0551. The van der Waals surface area contributed by atoms with Gasteiger partial charge in [0.1, 0.15) is 0 Å². The molecule has 7 heteroatoms. The van der Waals surface area contributed by atoms with E-state index in [2.05, 4.69) is 10.2 Å². The van der Waals surface area contributed by atoms with E-state index in [1.807, 2.05) is 20.8 Å². The summed E-state index contributed by atoms with van der Waals surface area (Å²) >= 11 is 1.35. The van der Waals surface area contributed by atoms with E-state index in [0.717, 1.165) is 0 Å². The smallest absolute Gasteiger partial charge is 0.344 e. The maximum Gasteiger partial charge on any atom is 0.344 e. The predicted molar refractivity (Wildman–Crippen MR) is 66.5 cm³/mol. The fraction of sp³-hybridized carbons (Fsp3) is 0.800. The van der Waals surface area contributed by atoms with Crippen LogP contribution in [0.2, 0.25) is 0 Å². The Kier molecular flexibility index (Phi) is 5.73. The molecule has 6 nitrogen and oxygen atoms in total. The van der Waals surface area contributed by atoms with E-state index in [4.69, 9.17) is 4.74 Å². The second kappa shape index (κ2) is 6.83. The molecule has 1 heterocycles. The molecule has 0 amide bonds. The van der Waals surface area contributed by atoms with Gasteiger partial charge in [-0.2, -0.15) is 0 Å². The van der Waals surface area contributed by atoms with E-state index >= 15 is 0 Å². The van der Waals surface area contributed by atoms with Gasteiger partial charge in [0.25, 0.3) is 0 Å². The number of nitrogens with one attached hydrogen (secondary N) is 1. The Bertz CT molecular complexity index is 388. The molecule has 0 fully saturated rings. The first-order valence-electron chi connectivity index (χ1n) is 5.61. The molecule has 0 aliphatic heterocycles. The van der Waals surface area contributed by atoms with Gasteiger partial charge < -0.3 is 9.84 Å². The Morgan fingerprint density at radius 1 is 1.59 bits per heavy atom. The summed E-state index contributed by atoms with van der Waals surface area (Å²) < 4.78 is 6.67. The van der Waals surface area contributed by atoms with Crippen molar-refractivity contribution in [2.24, 2.45) is 0 Å². The number of H-pyrrole nitrogens is 1. The molecule has 0 aromatic carbocycles. The van der Waals surface area contributed by atoms with Gasteiger partial charge in [-0.25, -0.2) is 9.89 Å². The highest BCUT2D eigenvalue weighted by molar-refractivity contribution is 7.99. The quantitative estimate of drug-likeness (QED) is 0.704. The SMILES string of the molecule is CCOCC(O)CSc1n[nH]c(=O)n1C(C)C. The third-order valence-electron chi connectivity index (χ3n) is 2.11. The molecule has 1 atom stereocenters. The molecule has 0 spiro atoms. The first-order chi connectivity index (χ1) is 8.06. The van der Waals surface area contributed by atoms with Crippen LogP contribution in [0.25, 0.3) is 0 Å². The van der Waals surface area contributed by atoms with Gasteiger partial charge >= 0.3 is 5.69 Å².